The van der Waals surface area contributed by atoms with Gasteiger partial charge in [-0.15, -0.1) is 11.3 Å². The summed E-state index contributed by atoms with van der Waals surface area (Å²) in [7, 11) is 0. The van der Waals surface area contributed by atoms with Crippen LogP contribution in [0.1, 0.15) is 20.3 Å². The summed E-state index contributed by atoms with van der Waals surface area (Å²) in [6.45, 7) is 3.87. The van der Waals surface area contributed by atoms with Crippen LogP contribution in [-0.4, -0.2) is 27.0 Å². The number of carbonyl (C=O) groups excluding carboxylic acids is 1. The predicted molar refractivity (Wildman–Crippen MR) is 98.7 cm³/mol. The number of amides is 2. The van der Waals surface area contributed by atoms with Gasteiger partial charge < -0.3 is 20.1 Å². The fraction of sp³-hybridized carbons (Fsp3) is 0.235. The first-order valence-corrected chi connectivity index (χ1v) is 8.97. The smallest absolute Gasteiger partial charge is 0.323 e. The van der Waals surface area contributed by atoms with Gasteiger partial charge in [-0.05, 0) is 12.1 Å². The summed E-state index contributed by atoms with van der Waals surface area (Å²) in [5.41, 5.74) is 1.82. The van der Waals surface area contributed by atoms with Gasteiger partial charge >= 0.3 is 6.03 Å². The van der Waals surface area contributed by atoms with Crippen LogP contribution in [0.2, 0.25) is 0 Å². The van der Waals surface area contributed by atoms with E-state index >= 15 is 0 Å². The second kappa shape index (κ2) is 6.34. The van der Waals surface area contributed by atoms with Crippen molar-refractivity contribution >= 4 is 28.7 Å². The highest BCUT2D eigenvalue weighted by atomic mass is 32.1. The molecule has 0 radical (unpaired) electrons. The second-order valence-electron chi connectivity index (χ2n) is 5.93. The van der Waals surface area contributed by atoms with Crippen molar-refractivity contribution in [2.24, 2.45) is 0 Å². The lowest BCUT2D eigenvalue weighted by atomic mass is 10.2. The van der Waals surface area contributed by atoms with Gasteiger partial charge in [0.15, 0.2) is 11.5 Å². The van der Waals surface area contributed by atoms with Gasteiger partial charge in [-0.3, -0.25) is 5.10 Å². The molecule has 26 heavy (non-hydrogen) atoms. The Morgan fingerprint density at radius 3 is 2.92 bits per heavy atom. The third kappa shape index (κ3) is 3.08. The maximum absolute atomic E-state index is 12.3. The van der Waals surface area contributed by atoms with Gasteiger partial charge in [-0.1, -0.05) is 6.92 Å². The highest BCUT2D eigenvalue weighted by Crippen LogP contribution is 2.42. The lowest BCUT2D eigenvalue weighted by Crippen LogP contribution is -2.33. The number of carbonyl (C=O) groups is 1. The van der Waals surface area contributed by atoms with Crippen LogP contribution in [0.4, 0.5) is 16.2 Å². The molecule has 1 atom stereocenters. The molecule has 134 valence electrons. The van der Waals surface area contributed by atoms with E-state index in [1.807, 2.05) is 19.2 Å². The zero-order chi connectivity index (χ0) is 18.1. The van der Waals surface area contributed by atoms with E-state index in [1.54, 1.807) is 30.6 Å². The maximum Gasteiger partial charge on any atom is 0.323 e. The Morgan fingerprint density at radius 2 is 2.15 bits per heavy atom. The van der Waals surface area contributed by atoms with Crippen LogP contribution in [-0.2, 0) is 0 Å². The number of rotatable bonds is 4. The summed E-state index contributed by atoms with van der Waals surface area (Å²) in [6, 6.07) is 4.90. The number of nitrogens with zero attached hydrogens (tertiary/aromatic N) is 2. The van der Waals surface area contributed by atoms with Crippen LogP contribution in [0.3, 0.4) is 0 Å². The van der Waals surface area contributed by atoms with Crippen LogP contribution < -0.4 is 20.1 Å². The summed E-state index contributed by atoms with van der Waals surface area (Å²) < 4.78 is 11.6. The number of anilines is 2. The minimum absolute atomic E-state index is 0.388. The number of hydrogen-bond donors (Lipinski definition) is 3. The number of H-pyrrole nitrogens is 1. The number of ether oxygens (including phenoxy) is 2. The average Bonchev–Trinajstić information content (AvgIpc) is 3.33. The summed E-state index contributed by atoms with van der Waals surface area (Å²) in [4.78, 5) is 16.5. The summed E-state index contributed by atoms with van der Waals surface area (Å²) in [6.07, 6.45) is 3.95. The molecule has 2 aromatic heterocycles. The number of aromatic nitrogens is 3. The first-order valence-electron chi connectivity index (χ1n) is 8.09. The maximum atomic E-state index is 12.3. The molecule has 0 aliphatic carbocycles. The standard InChI is InChI=1S/C17H17N5O3S/c1-3-17(2)24-12-5-4-10(8-13(12)25-17)20-16(23)21-11-9-19-22-14(11)15-18-6-7-26-15/h4-9H,3H2,1-2H3,(H,19,22)(H2,20,21,23). The Kier molecular flexibility index (Phi) is 4.00. The van der Waals surface area contributed by atoms with Crippen LogP contribution in [0.15, 0.2) is 36.0 Å². The Labute approximate surface area is 153 Å². The molecule has 1 aliphatic heterocycles. The number of thiazole rings is 1. The second-order valence-corrected chi connectivity index (χ2v) is 6.82. The quantitative estimate of drug-likeness (QED) is 0.642. The topological polar surface area (TPSA) is 101 Å². The molecule has 3 aromatic rings. The van der Waals surface area contributed by atoms with Crippen molar-refractivity contribution in [3.05, 3.63) is 36.0 Å². The van der Waals surface area contributed by atoms with Crippen LogP contribution >= 0.6 is 11.3 Å². The van der Waals surface area contributed by atoms with E-state index in [2.05, 4.69) is 25.8 Å². The number of aromatic amines is 1. The molecule has 8 nitrogen and oxygen atoms in total. The molecule has 3 N–H and O–H groups in total. The molecule has 3 heterocycles. The van der Waals surface area contributed by atoms with E-state index in [0.717, 1.165) is 5.01 Å². The average molecular weight is 371 g/mol. The third-order valence-electron chi connectivity index (χ3n) is 4.03. The minimum atomic E-state index is -0.664. The van der Waals surface area contributed by atoms with Gasteiger partial charge in [-0.25, -0.2) is 9.78 Å². The molecule has 1 unspecified atom stereocenters. The minimum Gasteiger partial charge on any atom is -0.449 e. The fourth-order valence-electron chi connectivity index (χ4n) is 2.56. The number of benzene rings is 1. The van der Waals surface area contributed by atoms with Crippen molar-refractivity contribution in [3.63, 3.8) is 0 Å². The van der Waals surface area contributed by atoms with Gasteiger partial charge in [0.1, 0.15) is 10.7 Å². The summed E-state index contributed by atoms with van der Waals surface area (Å²) in [5.74, 6) is 0.614. The van der Waals surface area contributed by atoms with Crippen LogP contribution in [0.25, 0.3) is 10.7 Å². The number of urea groups is 1. The van der Waals surface area contributed by atoms with Gasteiger partial charge in [0.2, 0.25) is 5.79 Å². The predicted octanol–water partition coefficient (Wildman–Crippen LogP) is 4.07. The Hall–Kier alpha value is -3.07. The van der Waals surface area contributed by atoms with Crippen LogP contribution in [0.5, 0.6) is 11.5 Å². The Morgan fingerprint density at radius 1 is 1.31 bits per heavy atom. The SMILES string of the molecule is CCC1(C)Oc2ccc(NC(=O)Nc3cn[nH]c3-c3nccs3)cc2O1. The first kappa shape index (κ1) is 16.4. The van der Waals surface area contributed by atoms with Crippen molar-refractivity contribution in [2.75, 3.05) is 10.6 Å². The number of nitrogens with one attached hydrogen (secondary N) is 3. The molecule has 0 saturated carbocycles. The zero-order valence-electron chi connectivity index (χ0n) is 14.2. The number of hydrogen-bond acceptors (Lipinski definition) is 6. The molecule has 0 bridgehead atoms. The molecule has 1 aliphatic rings. The monoisotopic (exact) mass is 371 g/mol. The van der Waals surface area contributed by atoms with Crippen molar-refractivity contribution < 1.29 is 14.3 Å². The van der Waals surface area contributed by atoms with Gasteiger partial charge in [0.05, 0.1) is 11.9 Å². The summed E-state index contributed by atoms with van der Waals surface area (Å²) in [5, 5.41) is 15.0. The van der Waals surface area contributed by atoms with Crippen LogP contribution in [0, 0.1) is 0 Å². The van der Waals surface area contributed by atoms with E-state index < -0.39 is 5.79 Å². The molecule has 0 spiro atoms. The van der Waals surface area contributed by atoms with Gasteiger partial charge in [0, 0.05) is 36.7 Å². The van der Waals surface area contributed by atoms with E-state index in [4.69, 9.17) is 9.47 Å². The fourth-order valence-corrected chi connectivity index (χ4v) is 3.20. The van der Waals surface area contributed by atoms with E-state index in [0.29, 0.717) is 35.0 Å². The van der Waals surface area contributed by atoms with E-state index in [9.17, 15) is 4.79 Å². The van der Waals surface area contributed by atoms with Crippen molar-refractivity contribution in [2.45, 2.75) is 26.1 Å². The normalized spacial score (nSPS) is 17.9. The van der Waals surface area contributed by atoms with Crippen molar-refractivity contribution in [1.29, 1.82) is 0 Å². The zero-order valence-corrected chi connectivity index (χ0v) is 15.0. The highest BCUT2D eigenvalue weighted by Gasteiger charge is 2.35. The van der Waals surface area contributed by atoms with Crippen molar-refractivity contribution in [1.82, 2.24) is 15.2 Å². The largest absolute Gasteiger partial charge is 0.449 e. The molecule has 0 fully saturated rings. The van der Waals surface area contributed by atoms with Crippen molar-refractivity contribution in [3.8, 4) is 22.2 Å². The molecular weight excluding hydrogens is 354 g/mol. The molecule has 1 aromatic carbocycles. The third-order valence-corrected chi connectivity index (χ3v) is 4.82. The van der Waals surface area contributed by atoms with E-state index in [-0.39, 0.29) is 6.03 Å². The lowest BCUT2D eigenvalue weighted by molar-refractivity contribution is -0.0640. The Balaban J connectivity index is 1.46. The summed E-state index contributed by atoms with van der Waals surface area (Å²) >= 11 is 1.46. The molecule has 9 heteroatoms. The highest BCUT2D eigenvalue weighted by molar-refractivity contribution is 7.13. The molecule has 2 amide bonds. The molecule has 4 rings (SSSR count). The van der Waals surface area contributed by atoms with Gasteiger partial charge in [0.25, 0.3) is 0 Å². The molecule has 0 saturated heterocycles. The lowest BCUT2D eigenvalue weighted by Gasteiger charge is -2.20. The molecular formula is C17H17N5O3S. The Bertz CT molecular complexity index is 940. The number of fused-ring (bicyclic) bond motifs is 1. The van der Waals surface area contributed by atoms with Gasteiger partial charge in [-0.2, -0.15) is 5.10 Å². The van der Waals surface area contributed by atoms with E-state index in [1.165, 1.54) is 11.3 Å². The first-order chi connectivity index (χ1) is 12.6.